The first-order chi connectivity index (χ1) is 11.7. The fraction of sp³-hybridized carbons (Fsp3) is 0.353. The van der Waals surface area contributed by atoms with Gasteiger partial charge in [0.1, 0.15) is 23.6 Å². The predicted octanol–water partition coefficient (Wildman–Crippen LogP) is 3.58. The van der Waals surface area contributed by atoms with Gasteiger partial charge in [-0.2, -0.15) is 5.10 Å². The van der Waals surface area contributed by atoms with E-state index < -0.39 is 0 Å². The van der Waals surface area contributed by atoms with Gasteiger partial charge < -0.3 is 9.72 Å². The van der Waals surface area contributed by atoms with Gasteiger partial charge in [-0.3, -0.25) is 4.79 Å². The second kappa shape index (κ2) is 6.39. The first-order valence-corrected chi connectivity index (χ1v) is 8.85. The molecule has 0 radical (unpaired) electrons. The van der Waals surface area contributed by atoms with E-state index in [-0.39, 0.29) is 12.2 Å². The highest BCUT2D eigenvalue weighted by molar-refractivity contribution is 9.10. The minimum atomic E-state index is -0.171. The summed E-state index contributed by atoms with van der Waals surface area (Å²) >= 11 is 3.44. The van der Waals surface area contributed by atoms with Gasteiger partial charge >= 0.3 is 0 Å². The van der Waals surface area contributed by atoms with E-state index in [9.17, 15) is 4.79 Å². The number of aromatic amines is 1. The molecule has 24 heavy (non-hydrogen) atoms. The highest BCUT2D eigenvalue weighted by Crippen LogP contribution is 2.30. The Labute approximate surface area is 147 Å². The van der Waals surface area contributed by atoms with E-state index in [0.29, 0.717) is 28.6 Å². The number of benzene rings is 1. The molecule has 1 saturated carbocycles. The van der Waals surface area contributed by atoms with Gasteiger partial charge in [0.2, 0.25) is 0 Å². The molecule has 1 aliphatic rings. The average Bonchev–Trinajstić information content (AvgIpc) is 3.23. The average molecular weight is 389 g/mol. The lowest BCUT2D eigenvalue weighted by Gasteiger charge is -2.11. The number of hydrogen-bond donors (Lipinski definition) is 1. The fourth-order valence-electron chi connectivity index (χ4n) is 3.17. The van der Waals surface area contributed by atoms with E-state index in [2.05, 4.69) is 31.0 Å². The summed E-state index contributed by atoms with van der Waals surface area (Å²) in [5.74, 6) is 1.22. The third kappa shape index (κ3) is 2.84. The minimum absolute atomic E-state index is 0.171. The molecule has 0 atom stereocenters. The summed E-state index contributed by atoms with van der Waals surface area (Å²) in [5.41, 5.74) is 0.478. The van der Waals surface area contributed by atoms with Crippen LogP contribution in [0, 0.1) is 0 Å². The van der Waals surface area contributed by atoms with Crippen molar-refractivity contribution in [2.45, 2.75) is 38.3 Å². The zero-order valence-electron chi connectivity index (χ0n) is 13.0. The van der Waals surface area contributed by atoms with Crippen LogP contribution >= 0.6 is 15.9 Å². The Balaban J connectivity index is 1.65. The fourth-order valence-corrected chi connectivity index (χ4v) is 3.57. The van der Waals surface area contributed by atoms with Gasteiger partial charge in [0, 0.05) is 0 Å². The zero-order valence-corrected chi connectivity index (χ0v) is 14.6. The Bertz CT molecular complexity index is 928. The van der Waals surface area contributed by atoms with Crippen LogP contribution in [-0.2, 0) is 6.61 Å². The lowest BCUT2D eigenvalue weighted by atomic mass is 10.2. The molecule has 7 heteroatoms. The van der Waals surface area contributed by atoms with Gasteiger partial charge in [0.05, 0.1) is 16.7 Å². The van der Waals surface area contributed by atoms with Gasteiger partial charge in [0.15, 0.2) is 5.65 Å². The van der Waals surface area contributed by atoms with Crippen molar-refractivity contribution in [3.8, 4) is 5.75 Å². The molecule has 1 aromatic carbocycles. The Hall–Kier alpha value is -2.15. The highest BCUT2D eigenvalue weighted by Gasteiger charge is 2.21. The molecule has 4 rings (SSSR count). The molecule has 6 nitrogen and oxygen atoms in total. The number of ether oxygens (including phenoxy) is 1. The van der Waals surface area contributed by atoms with Crippen molar-refractivity contribution in [1.29, 1.82) is 0 Å². The third-order valence-electron chi connectivity index (χ3n) is 4.38. The maximum atomic E-state index is 12.3. The summed E-state index contributed by atoms with van der Waals surface area (Å²) in [6.07, 6.45) is 6.19. The van der Waals surface area contributed by atoms with E-state index in [1.165, 1.54) is 12.8 Å². The zero-order chi connectivity index (χ0) is 16.5. The first-order valence-electron chi connectivity index (χ1n) is 8.06. The molecule has 0 spiro atoms. The smallest absolute Gasteiger partial charge is 0.262 e. The van der Waals surface area contributed by atoms with Gasteiger partial charge in [-0.15, -0.1) is 0 Å². The van der Waals surface area contributed by atoms with Crippen LogP contribution in [0.2, 0.25) is 0 Å². The highest BCUT2D eigenvalue weighted by atomic mass is 79.9. The topological polar surface area (TPSA) is 72.8 Å². The van der Waals surface area contributed by atoms with E-state index in [4.69, 9.17) is 4.74 Å². The molecule has 1 aliphatic carbocycles. The standard InChI is InChI=1S/C17H17BrN4O2/c18-13-7-3-4-8-14(13)24-10-15-20-16-12(17(23)21-15)9-19-22(16)11-5-1-2-6-11/h3-4,7-9,11H,1-2,5-6,10H2,(H,20,21,23). The quantitative estimate of drug-likeness (QED) is 0.741. The molecule has 124 valence electrons. The van der Waals surface area contributed by atoms with Gasteiger partial charge in [-0.05, 0) is 40.9 Å². The monoisotopic (exact) mass is 388 g/mol. The number of nitrogens with zero attached hydrogens (tertiary/aromatic N) is 3. The van der Waals surface area contributed by atoms with Gasteiger partial charge in [-0.1, -0.05) is 25.0 Å². The molecule has 0 aliphatic heterocycles. The van der Waals surface area contributed by atoms with Crippen LogP contribution in [0.3, 0.4) is 0 Å². The van der Waals surface area contributed by atoms with Gasteiger partial charge in [0.25, 0.3) is 5.56 Å². The van der Waals surface area contributed by atoms with Crippen molar-refractivity contribution in [3.63, 3.8) is 0 Å². The van der Waals surface area contributed by atoms with E-state index in [1.807, 2.05) is 28.9 Å². The number of hydrogen-bond acceptors (Lipinski definition) is 4. The summed E-state index contributed by atoms with van der Waals surface area (Å²) in [6, 6.07) is 7.93. The summed E-state index contributed by atoms with van der Waals surface area (Å²) in [4.78, 5) is 19.7. The summed E-state index contributed by atoms with van der Waals surface area (Å²) in [6.45, 7) is 0.198. The molecule has 0 unspecified atom stereocenters. The molecule has 2 aromatic heterocycles. The third-order valence-corrected chi connectivity index (χ3v) is 5.04. The molecular weight excluding hydrogens is 372 g/mol. The Morgan fingerprint density at radius 2 is 2.08 bits per heavy atom. The van der Waals surface area contributed by atoms with Crippen molar-refractivity contribution in [1.82, 2.24) is 19.7 Å². The Morgan fingerprint density at radius 3 is 2.88 bits per heavy atom. The van der Waals surface area contributed by atoms with Crippen LogP contribution in [0.15, 0.2) is 39.7 Å². The molecule has 0 amide bonds. The lowest BCUT2D eigenvalue weighted by molar-refractivity contribution is 0.294. The van der Waals surface area contributed by atoms with Crippen LogP contribution in [-0.4, -0.2) is 19.7 Å². The van der Waals surface area contributed by atoms with Crippen LogP contribution in [0.5, 0.6) is 5.75 Å². The van der Waals surface area contributed by atoms with Crippen molar-refractivity contribution in [2.75, 3.05) is 0 Å². The molecule has 3 aromatic rings. The molecular formula is C17H17BrN4O2. The van der Waals surface area contributed by atoms with Crippen LogP contribution in [0.1, 0.15) is 37.5 Å². The maximum absolute atomic E-state index is 12.3. The van der Waals surface area contributed by atoms with Crippen molar-refractivity contribution >= 4 is 27.0 Å². The van der Waals surface area contributed by atoms with Crippen LogP contribution in [0.25, 0.3) is 11.0 Å². The van der Waals surface area contributed by atoms with Gasteiger partial charge in [-0.25, -0.2) is 9.67 Å². The minimum Gasteiger partial charge on any atom is -0.485 e. The molecule has 0 bridgehead atoms. The number of aromatic nitrogens is 4. The summed E-state index contributed by atoms with van der Waals surface area (Å²) in [7, 11) is 0. The SMILES string of the molecule is O=c1[nH]c(COc2ccccc2Br)nc2c1cnn2C1CCCC1. The summed E-state index contributed by atoms with van der Waals surface area (Å²) in [5, 5.41) is 4.93. The van der Waals surface area contributed by atoms with E-state index in [0.717, 1.165) is 17.3 Å². The van der Waals surface area contributed by atoms with Crippen molar-refractivity contribution in [3.05, 3.63) is 51.1 Å². The van der Waals surface area contributed by atoms with Crippen molar-refractivity contribution in [2.24, 2.45) is 0 Å². The normalized spacial score (nSPS) is 15.2. The number of H-pyrrole nitrogens is 1. The maximum Gasteiger partial charge on any atom is 0.262 e. The summed E-state index contributed by atoms with van der Waals surface area (Å²) < 4.78 is 8.53. The van der Waals surface area contributed by atoms with Crippen LogP contribution in [0.4, 0.5) is 0 Å². The first kappa shape index (κ1) is 15.4. The number of halogens is 1. The van der Waals surface area contributed by atoms with Crippen LogP contribution < -0.4 is 10.3 Å². The van der Waals surface area contributed by atoms with E-state index >= 15 is 0 Å². The molecule has 1 fully saturated rings. The molecule has 2 heterocycles. The number of rotatable bonds is 4. The second-order valence-electron chi connectivity index (χ2n) is 6.00. The molecule has 0 saturated heterocycles. The van der Waals surface area contributed by atoms with E-state index in [1.54, 1.807) is 6.20 Å². The largest absolute Gasteiger partial charge is 0.485 e. The lowest BCUT2D eigenvalue weighted by Crippen LogP contribution is -2.15. The Morgan fingerprint density at radius 1 is 1.29 bits per heavy atom. The predicted molar refractivity (Wildman–Crippen MR) is 94.1 cm³/mol. The number of nitrogens with one attached hydrogen (secondary N) is 1. The molecule has 1 N–H and O–H groups in total. The second-order valence-corrected chi connectivity index (χ2v) is 6.85. The Kier molecular flexibility index (Phi) is 4.10. The number of para-hydroxylation sites is 1. The number of fused-ring (bicyclic) bond motifs is 1. The van der Waals surface area contributed by atoms with Crippen molar-refractivity contribution < 1.29 is 4.74 Å².